The van der Waals surface area contributed by atoms with Gasteiger partial charge in [0, 0.05) is 62.3 Å². The Bertz CT molecular complexity index is 2500. The molecule has 201 valence electrons. The van der Waals surface area contributed by atoms with Crippen LogP contribution in [-0.2, 0) is 17.1 Å². The van der Waals surface area contributed by atoms with E-state index in [1.54, 1.807) is 0 Å². The molecule has 4 aromatic heterocycles. The van der Waals surface area contributed by atoms with Crippen molar-refractivity contribution >= 4 is 69.1 Å². The average Bonchev–Trinajstić information content (AvgIpc) is 3.73. The molecule has 9 rings (SSSR count). The second kappa shape index (κ2) is 9.02. The quantitative estimate of drug-likeness (QED) is 0.258. The number of hydrogen-bond acceptors (Lipinski definition) is 4. The molecule has 3 aliphatic rings. The first-order chi connectivity index (χ1) is 19.8. The number of allylic oxidation sites excluding steroid dienone is 2. The van der Waals surface area contributed by atoms with E-state index in [9.17, 15) is 0 Å². The smallest absolute Gasteiger partial charge is 0.0184 e. The first-order valence-corrected chi connectivity index (χ1v) is 13.2. The van der Waals surface area contributed by atoms with Gasteiger partial charge in [-0.2, -0.15) is 0 Å². The van der Waals surface area contributed by atoms with Gasteiger partial charge >= 0.3 is 0 Å². The maximum atomic E-state index is 4.98. The average molecular weight is 578 g/mol. The van der Waals surface area contributed by atoms with Gasteiger partial charge in [-0.3, -0.25) is 0 Å². The maximum absolute atomic E-state index is 4.98. The molecule has 8 nitrogen and oxygen atoms in total. The second-order valence-corrected chi connectivity index (χ2v) is 9.91. The third-order valence-electron chi connectivity index (χ3n) is 7.54. The minimum atomic E-state index is 0. The Labute approximate surface area is 242 Å². The number of rotatable bonds is 0. The third kappa shape index (κ3) is 3.60. The van der Waals surface area contributed by atoms with E-state index in [-0.39, 0.29) is 17.1 Å². The molecule has 2 aromatic carbocycles. The van der Waals surface area contributed by atoms with Crippen LogP contribution in [0, 0.1) is 0 Å². The standard InChI is InChI=1S/C32H18N8.Cu/c1-2-10-18-17(9-1)25-33-26(18)38-28-21-13-5-6-14-22(21)30(35-28)40-32-24-16-8-7-15-23(24)31(36-32)39-29-20-12-4-3-11-19(20)27(34-29)37-25;/h1-5,8-16H,6-7H2;/q-4;. The number of aromatic nitrogens is 4. The molecule has 5 heterocycles. The summed E-state index contributed by atoms with van der Waals surface area (Å²) in [5, 5.41) is 5.53. The number of nitrogens with zero attached hydrogens (tertiary/aromatic N) is 8. The van der Waals surface area contributed by atoms with Crippen LogP contribution in [0.15, 0.2) is 80.7 Å². The summed E-state index contributed by atoms with van der Waals surface area (Å²) in [4.78, 5) is 39.4. The van der Waals surface area contributed by atoms with E-state index >= 15 is 0 Å². The van der Waals surface area contributed by atoms with Crippen LogP contribution >= 0.6 is 0 Å². The summed E-state index contributed by atoms with van der Waals surface area (Å²) in [6.07, 6.45) is 14.2. The Balaban J connectivity index is 0.00000256. The summed E-state index contributed by atoms with van der Waals surface area (Å²) >= 11 is 0. The van der Waals surface area contributed by atoms with Gasteiger partial charge in [0.05, 0.1) is 0 Å². The molecule has 9 heteroatoms. The monoisotopic (exact) mass is 577 g/mol. The molecule has 1 aliphatic heterocycles. The fraction of sp³-hybridized carbons (Fsp3) is 0.0625. The van der Waals surface area contributed by atoms with Crippen LogP contribution in [0.1, 0.15) is 24.0 Å². The number of fused-ring (bicyclic) bond motifs is 20. The van der Waals surface area contributed by atoms with Crippen molar-refractivity contribution in [1.29, 1.82) is 0 Å². The van der Waals surface area contributed by atoms with Crippen LogP contribution in [-0.4, -0.2) is 0 Å². The topological polar surface area (TPSA) is 106 Å². The van der Waals surface area contributed by atoms with Crippen LogP contribution in [0.2, 0.25) is 0 Å². The molecule has 0 N–H and O–H groups in total. The summed E-state index contributed by atoms with van der Waals surface area (Å²) in [7, 11) is 0. The van der Waals surface area contributed by atoms with Crippen molar-refractivity contribution in [3.05, 3.63) is 104 Å². The maximum Gasteiger partial charge on any atom is 0.0184 e. The first kappa shape index (κ1) is 23.9. The van der Waals surface area contributed by atoms with E-state index in [2.05, 4.69) is 36.5 Å². The molecule has 0 atom stereocenters. The van der Waals surface area contributed by atoms with Crippen molar-refractivity contribution in [3.63, 3.8) is 0 Å². The van der Waals surface area contributed by atoms with E-state index in [1.807, 2.05) is 48.5 Å². The van der Waals surface area contributed by atoms with Crippen LogP contribution in [0.4, 0.5) is 23.3 Å². The molecule has 1 radical (unpaired) electrons. The SMILES string of the molecule is C1=Cc2c3[n-]/c(c2=CC1)=N\c1[n-]/c(c2c1C=CCC=2)=N\c1[n-]c(c2ccccc12)/N=c1\[n-]/c(c2ccccc12)=N\3.[Cu]. The van der Waals surface area contributed by atoms with E-state index < -0.39 is 0 Å². The zero-order chi connectivity index (χ0) is 26.2. The third-order valence-corrected chi connectivity index (χ3v) is 7.54. The minimum Gasteiger partial charge on any atom is -0.357 e. The van der Waals surface area contributed by atoms with Gasteiger partial charge in [0.1, 0.15) is 0 Å². The number of hydrogen-bond donors (Lipinski definition) is 0. The van der Waals surface area contributed by atoms with Gasteiger partial charge in [-0.25, -0.2) is 0 Å². The first-order valence-electron chi connectivity index (χ1n) is 13.2. The Morgan fingerprint density at radius 3 is 1.44 bits per heavy atom. The van der Waals surface area contributed by atoms with Gasteiger partial charge in [0.2, 0.25) is 0 Å². The molecular weight excluding hydrogens is 560 g/mol. The van der Waals surface area contributed by atoms with Gasteiger partial charge in [-0.05, 0) is 56.0 Å². The second-order valence-electron chi connectivity index (χ2n) is 9.91. The Morgan fingerprint density at radius 1 is 0.463 bits per heavy atom. The molecular formula is C32H18CuN8-4. The zero-order valence-corrected chi connectivity index (χ0v) is 22.3. The fourth-order valence-corrected chi connectivity index (χ4v) is 5.67. The molecule has 2 aliphatic carbocycles. The molecule has 0 fully saturated rings. The predicted octanol–water partition coefficient (Wildman–Crippen LogP) is 2.33. The van der Waals surface area contributed by atoms with E-state index in [4.69, 9.17) is 39.9 Å². The molecule has 0 saturated heterocycles. The van der Waals surface area contributed by atoms with Gasteiger partial charge in [-0.15, -0.1) is 0 Å². The summed E-state index contributed by atoms with van der Waals surface area (Å²) in [5.74, 6) is 2.30. The van der Waals surface area contributed by atoms with Crippen molar-refractivity contribution < 1.29 is 17.1 Å². The van der Waals surface area contributed by atoms with Crippen molar-refractivity contribution in [2.24, 2.45) is 20.0 Å². The van der Waals surface area contributed by atoms with Crippen LogP contribution in [0.25, 0.3) is 45.8 Å². The van der Waals surface area contributed by atoms with Crippen molar-refractivity contribution in [2.45, 2.75) is 12.8 Å². The fourth-order valence-electron chi connectivity index (χ4n) is 5.67. The normalized spacial score (nSPS) is 17.8. The van der Waals surface area contributed by atoms with E-state index in [0.29, 0.717) is 45.2 Å². The molecule has 0 saturated carbocycles. The van der Waals surface area contributed by atoms with Crippen molar-refractivity contribution in [2.75, 3.05) is 0 Å². The van der Waals surface area contributed by atoms with Crippen LogP contribution in [0.5, 0.6) is 0 Å². The molecule has 0 spiro atoms. The Hall–Kier alpha value is -4.98. The molecule has 8 bridgehead atoms. The molecule has 41 heavy (non-hydrogen) atoms. The van der Waals surface area contributed by atoms with Gasteiger partial charge in [0.25, 0.3) is 0 Å². The zero-order valence-electron chi connectivity index (χ0n) is 21.4. The molecule has 0 amide bonds. The molecule has 6 aromatic rings. The predicted molar refractivity (Wildman–Crippen MR) is 153 cm³/mol. The summed E-state index contributed by atoms with van der Waals surface area (Å²) < 4.78 is 0. The van der Waals surface area contributed by atoms with Crippen LogP contribution < -0.4 is 52.3 Å². The number of benzene rings is 2. The molecule has 0 unspecified atom stereocenters. The van der Waals surface area contributed by atoms with Gasteiger partial charge < -0.3 is 39.9 Å². The van der Waals surface area contributed by atoms with Crippen molar-refractivity contribution in [1.82, 2.24) is 19.9 Å². The summed E-state index contributed by atoms with van der Waals surface area (Å²) in [6, 6.07) is 16.0. The van der Waals surface area contributed by atoms with E-state index in [1.165, 1.54) is 0 Å². The van der Waals surface area contributed by atoms with Crippen LogP contribution in [0.3, 0.4) is 0 Å². The van der Waals surface area contributed by atoms with Gasteiger partial charge in [0.15, 0.2) is 0 Å². The Morgan fingerprint density at radius 2 is 0.902 bits per heavy atom. The van der Waals surface area contributed by atoms with Gasteiger partial charge in [-0.1, -0.05) is 85.0 Å². The summed E-state index contributed by atoms with van der Waals surface area (Å²) in [5.41, 5.74) is 4.18. The summed E-state index contributed by atoms with van der Waals surface area (Å²) in [6.45, 7) is 0. The van der Waals surface area contributed by atoms with E-state index in [0.717, 1.165) is 56.0 Å². The largest absolute Gasteiger partial charge is 0.357 e. The minimum absolute atomic E-state index is 0. The Kier molecular flexibility index (Phi) is 5.25. The van der Waals surface area contributed by atoms with Crippen molar-refractivity contribution in [3.8, 4) is 0 Å².